The van der Waals surface area contributed by atoms with Gasteiger partial charge in [0.15, 0.2) is 5.60 Å². The van der Waals surface area contributed by atoms with Crippen molar-refractivity contribution < 1.29 is 24.0 Å². The molecule has 0 aromatic rings. The van der Waals surface area contributed by atoms with Crippen LogP contribution in [0.4, 0.5) is 0 Å². The maximum Gasteiger partial charge on any atom is 0.311 e. The summed E-state index contributed by atoms with van der Waals surface area (Å²) in [5.74, 6) is -0.137. The normalized spacial score (nSPS) is 57.8. The Balaban J connectivity index is 1.84. The summed E-state index contributed by atoms with van der Waals surface area (Å²) in [5.41, 5.74) is -0.610. The zero-order chi connectivity index (χ0) is 14.1. The lowest BCUT2D eigenvalue weighted by Gasteiger charge is -2.57. The van der Waals surface area contributed by atoms with Gasteiger partial charge in [-0.15, -0.1) is 0 Å². The van der Waals surface area contributed by atoms with Crippen LogP contribution in [0.15, 0.2) is 0 Å². The molecule has 5 nitrogen and oxygen atoms in total. The molecule has 0 radical (unpaired) electrons. The van der Waals surface area contributed by atoms with Crippen molar-refractivity contribution in [2.24, 2.45) is 23.7 Å². The van der Waals surface area contributed by atoms with Gasteiger partial charge in [0.05, 0.1) is 5.92 Å². The highest BCUT2D eigenvalue weighted by Gasteiger charge is 2.69. The molecule has 0 aromatic carbocycles. The Hall–Kier alpha value is -0.650. The van der Waals surface area contributed by atoms with Gasteiger partial charge in [0.2, 0.25) is 12.1 Å². The number of esters is 1. The van der Waals surface area contributed by atoms with Crippen LogP contribution in [0.3, 0.4) is 0 Å². The highest BCUT2D eigenvalue weighted by atomic mass is 17.3. The molecule has 0 N–H and O–H groups in total. The van der Waals surface area contributed by atoms with Crippen LogP contribution in [-0.2, 0) is 24.0 Å². The van der Waals surface area contributed by atoms with E-state index in [4.69, 9.17) is 19.2 Å². The van der Waals surface area contributed by atoms with Gasteiger partial charge < -0.3 is 9.47 Å². The lowest BCUT2D eigenvalue weighted by molar-refractivity contribution is -0.559. The van der Waals surface area contributed by atoms with E-state index < -0.39 is 17.7 Å². The third kappa shape index (κ3) is 1.46. The van der Waals surface area contributed by atoms with Crippen LogP contribution in [0.1, 0.15) is 46.5 Å². The summed E-state index contributed by atoms with van der Waals surface area (Å²) in [4.78, 5) is 23.7. The average molecular weight is 282 g/mol. The van der Waals surface area contributed by atoms with Gasteiger partial charge in [0.1, 0.15) is 0 Å². The third-order valence-electron chi connectivity index (χ3n) is 5.97. The van der Waals surface area contributed by atoms with Gasteiger partial charge in [-0.1, -0.05) is 13.8 Å². The van der Waals surface area contributed by atoms with E-state index in [-0.39, 0.29) is 17.8 Å². The zero-order valence-electron chi connectivity index (χ0n) is 12.3. The maximum absolute atomic E-state index is 12.1. The predicted molar refractivity (Wildman–Crippen MR) is 68.0 cm³/mol. The van der Waals surface area contributed by atoms with Crippen LogP contribution in [0.25, 0.3) is 0 Å². The van der Waals surface area contributed by atoms with Crippen LogP contribution >= 0.6 is 0 Å². The Morgan fingerprint density at radius 3 is 2.70 bits per heavy atom. The molecule has 5 fully saturated rings. The van der Waals surface area contributed by atoms with Crippen molar-refractivity contribution in [1.82, 2.24) is 0 Å². The lowest BCUT2D eigenvalue weighted by atomic mass is 9.58. The highest BCUT2D eigenvalue weighted by Crippen LogP contribution is 2.59. The summed E-state index contributed by atoms with van der Waals surface area (Å²) in [7, 11) is 0. The molecule has 4 saturated heterocycles. The van der Waals surface area contributed by atoms with Crippen molar-refractivity contribution in [3.05, 3.63) is 0 Å². The minimum Gasteiger partial charge on any atom is -0.432 e. The molecule has 1 spiro atoms. The van der Waals surface area contributed by atoms with Gasteiger partial charge in [0.25, 0.3) is 0 Å². The van der Waals surface area contributed by atoms with E-state index >= 15 is 0 Å². The van der Waals surface area contributed by atoms with E-state index in [1.54, 1.807) is 0 Å². The van der Waals surface area contributed by atoms with E-state index in [9.17, 15) is 4.79 Å². The summed E-state index contributed by atoms with van der Waals surface area (Å²) in [6.07, 6.45) is 3.24. The first-order valence-corrected chi connectivity index (χ1v) is 7.71. The third-order valence-corrected chi connectivity index (χ3v) is 5.97. The van der Waals surface area contributed by atoms with Crippen molar-refractivity contribution in [2.75, 3.05) is 0 Å². The maximum atomic E-state index is 12.1. The molecular weight excluding hydrogens is 260 g/mol. The molecule has 7 atom stereocenters. The number of carbonyl (C=O) groups is 1. The minimum absolute atomic E-state index is 0.123. The van der Waals surface area contributed by atoms with Crippen LogP contribution in [-0.4, -0.2) is 23.6 Å². The smallest absolute Gasteiger partial charge is 0.311 e. The van der Waals surface area contributed by atoms with E-state index in [1.807, 2.05) is 13.8 Å². The Bertz CT molecular complexity index is 452. The topological polar surface area (TPSA) is 54.0 Å². The molecule has 1 saturated carbocycles. The fraction of sp³-hybridized carbons (Fsp3) is 0.933. The summed E-state index contributed by atoms with van der Waals surface area (Å²) < 4.78 is 11.6. The highest BCUT2D eigenvalue weighted by molar-refractivity contribution is 5.74. The van der Waals surface area contributed by atoms with Crippen molar-refractivity contribution in [3.63, 3.8) is 0 Å². The largest absolute Gasteiger partial charge is 0.432 e. The Morgan fingerprint density at radius 2 is 1.90 bits per heavy atom. The number of rotatable bonds is 0. The van der Waals surface area contributed by atoms with E-state index in [1.165, 1.54) is 0 Å². The van der Waals surface area contributed by atoms with Gasteiger partial charge >= 0.3 is 5.97 Å². The van der Waals surface area contributed by atoms with Gasteiger partial charge in [-0.3, -0.25) is 4.79 Å². The molecule has 5 heteroatoms. The molecule has 112 valence electrons. The van der Waals surface area contributed by atoms with E-state index in [2.05, 4.69) is 6.92 Å². The molecule has 5 rings (SSSR count). The Morgan fingerprint density at radius 1 is 1.10 bits per heavy atom. The quantitative estimate of drug-likeness (QED) is 0.504. The Kier molecular flexibility index (Phi) is 2.58. The van der Waals surface area contributed by atoms with Gasteiger partial charge in [-0.25, -0.2) is 9.78 Å². The van der Waals surface area contributed by atoms with Crippen LogP contribution < -0.4 is 0 Å². The average Bonchev–Trinajstić information content (AvgIpc) is 2.63. The van der Waals surface area contributed by atoms with Gasteiger partial charge in [-0.05, 0) is 32.1 Å². The second-order valence-electron chi connectivity index (χ2n) is 7.14. The second-order valence-corrected chi connectivity index (χ2v) is 7.14. The molecule has 0 aromatic heterocycles. The van der Waals surface area contributed by atoms with Crippen LogP contribution in [0.5, 0.6) is 0 Å². The molecule has 5 aliphatic rings. The summed E-state index contributed by atoms with van der Waals surface area (Å²) >= 11 is 0. The number of hydrogen-bond donors (Lipinski definition) is 0. The molecule has 0 amide bonds. The lowest BCUT2D eigenvalue weighted by Crippen LogP contribution is -2.69. The predicted octanol–water partition coefficient (Wildman–Crippen LogP) is 2.39. The van der Waals surface area contributed by atoms with Crippen LogP contribution in [0.2, 0.25) is 0 Å². The van der Waals surface area contributed by atoms with E-state index in [0.29, 0.717) is 11.8 Å². The van der Waals surface area contributed by atoms with Crippen molar-refractivity contribution in [3.8, 4) is 0 Å². The monoisotopic (exact) mass is 282 g/mol. The van der Waals surface area contributed by atoms with E-state index in [0.717, 1.165) is 25.7 Å². The SMILES string of the molecule is C[C@@H]1CC[C@H]2[C@@H](C)C(=O)OC3OC4(C)CCC1[C@]32OO4. The first kappa shape index (κ1) is 13.0. The molecule has 4 aliphatic heterocycles. The number of ether oxygens (including phenoxy) is 2. The number of fused-ring (bicyclic) bond motifs is 2. The fourth-order valence-corrected chi connectivity index (χ4v) is 4.76. The second kappa shape index (κ2) is 3.96. The molecule has 4 heterocycles. The standard InChI is InChI=1S/C15H22O5/c1-8-4-5-11-9(2)12(16)17-13-15(11)10(8)6-7-14(3,18-13)19-20-15/h8-11,13H,4-7H2,1-3H3/t8-,9-,10?,11+,13?,14?,15-/m1/s1. The first-order chi connectivity index (χ1) is 9.46. The van der Waals surface area contributed by atoms with Crippen molar-refractivity contribution in [1.29, 1.82) is 0 Å². The Labute approximate surface area is 118 Å². The summed E-state index contributed by atoms with van der Waals surface area (Å²) in [6.45, 7) is 6.06. The zero-order valence-corrected chi connectivity index (χ0v) is 12.3. The van der Waals surface area contributed by atoms with Crippen molar-refractivity contribution in [2.45, 2.75) is 64.1 Å². The summed E-state index contributed by atoms with van der Waals surface area (Å²) in [6, 6.07) is 0. The minimum atomic E-state index is -0.793. The van der Waals surface area contributed by atoms with Crippen molar-refractivity contribution >= 4 is 5.97 Å². The number of carbonyl (C=O) groups excluding carboxylic acids is 1. The summed E-state index contributed by atoms with van der Waals surface area (Å²) in [5, 5.41) is 0. The fourth-order valence-electron chi connectivity index (χ4n) is 4.76. The number of hydrogen-bond acceptors (Lipinski definition) is 5. The molecule has 3 unspecified atom stereocenters. The molecule has 2 bridgehead atoms. The van der Waals surface area contributed by atoms with Gasteiger partial charge in [-0.2, -0.15) is 0 Å². The molecular formula is C15H22O5. The molecule has 20 heavy (non-hydrogen) atoms. The van der Waals surface area contributed by atoms with Gasteiger partial charge in [0, 0.05) is 18.3 Å². The van der Waals surface area contributed by atoms with Crippen LogP contribution in [0, 0.1) is 23.7 Å². The first-order valence-electron chi connectivity index (χ1n) is 7.71. The molecule has 1 aliphatic carbocycles.